The second kappa shape index (κ2) is 5.73. The van der Waals surface area contributed by atoms with Gasteiger partial charge in [-0.25, -0.2) is 4.79 Å². The maximum absolute atomic E-state index is 13.0. The van der Waals surface area contributed by atoms with Gasteiger partial charge in [-0.05, 0) is 44.9 Å². The molecular weight excluding hydrogens is 314 g/mol. The van der Waals surface area contributed by atoms with Crippen molar-refractivity contribution in [1.29, 1.82) is 0 Å². The fourth-order valence-corrected chi connectivity index (χ4v) is 4.12. The fraction of sp³-hybridized carbons (Fsp3) is 0.333. The van der Waals surface area contributed by atoms with Crippen LogP contribution in [0.3, 0.4) is 0 Å². The van der Waals surface area contributed by atoms with Crippen molar-refractivity contribution in [1.82, 2.24) is 4.90 Å². The zero-order chi connectivity index (χ0) is 17.6. The fourth-order valence-electron chi connectivity index (χ4n) is 4.12. The number of fused-ring (bicyclic) bond motifs is 2. The van der Waals surface area contributed by atoms with E-state index >= 15 is 0 Å². The lowest BCUT2D eigenvalue weighted by atomic mass is 9.84. The maximum atomic E-state index is 13.0. The Labute approximate surface area is 147 Å². The average Bonchev–Trinajstić information content (AvgIpc) is 2.86. The van der Waals surface area contributed by atoms with E-state index in [9.17, 15) is 9.59 Å². The van der Waals surface area contributed by atoms with Crippen molar-refractivity contribution in [3.8, 4) is 0 Å². The zero-order valence-electron chi connectivity index (χ0n) is 14.5. The van der Waals surface area contributed by atoms with Crippen LogP contribution >= 0.6 is 0 Å². The number of aryl methyl sites for hydroxylation is 2. The minimum atomic E-state index is -0.694. The summed E-state index contributed by atoms with van der Waals surface area (Å²) in [6.45, 7) is 5.10. The molecule has 1 fully saturated rings. The molecule has 0 saturated carbocycles. The first-order valence-electron chi connectivity index (χ1n) is 8.69. The third kappa shape index (κ3) is 2.62. The molecule has 2 aromatic carbocycles. The van der Waals surface area contributed by atoms with Crippen LogP contribution in [0, 0.1) is 13.8 Å². The van der Waals surface area contributed by atoms with Gasteiger partial charge in [-0.2, -0.15) is 0 Å². The Morgan fingerprint density at radius 1 is 1.12 bits per heavy atom. The van der Waals surface area contributed by atoms with Crippen molar-refractivity contribution < 1.29 is 14.3 Å². The van der Waals surface area contributed by atoms with Gasteiger partial charge in [-0.15, -0.1) is 0 Å². The molecule has 0 bridgehead atoms. The number of piperidine rings is 1. The van der Waals surface area contributed by atoms with Gasteiger partial charge in [0.25, 0.3) is 5.91 Å². The largest absolute Gasteiger partial charge is 0.449 e. The van der Waals surface area contributed by atoms with E-state index in [1.165, 1.54) is 0 Å². The second-order valence-corrected chi connectivity index (χ2v) is 7.14. The summed E-state index contributed by atoms with van der Waals surface area (Å²) in [5.41, 5.74) is 3.70. The third-order valence-corrected chi connectivity index (χ3v) is 5.14. The summed E-state index contributed by atoms with van der Waals surface area (Å²) in [6, 6.07) is 13.4. The number of hydrogen-bond donors (Lipinski definition) is 0. The minimum Gasteiger partial charge on any atom is -0.449 e. The molecule has 1 saturated heterocycles. The van der Waals surface area contributed by atoms with Crippen molar-refractivity contribution in [3.63, 3.8) is 0 Å². The van der Waals surface area contributed by atoms with Gasteiger partial charge in [0.2, 0.25) is 0 Å². The van der Waals surface area contributed by atoms with E-state index in [-0.39, 0.29) is 11.9 Å². The molecule has 2 heterocycles. The number of amides is 1. The van der Waals surface area contributed by atoms with Crippen LogP contribution < -0.4 is 0 Å². The van der Waals surface area contributed by atoms with E-state index in [0.29, 0.717) is 24.2 Å². The van der Waals surface area contributed by atoms with E-state index in [2.05, 4.69) is 6.07 Å². The molecule has 4 rings (SSSR count). The van der Waals surface area contributed by atoms with Crippen molar-refractivity contribution in [2.75, 3.05) is 13.1 Å². The van der Waals surface area contributed by atoms with Crippen molar-refractivity contribution >= 4 is 11.9 Å². The first-order chi connectivity index (χ1) is 12.0. The lowest BCUT2D eigenvalue weighted by Crippen LogP contribution is -2.48. The monoisotopic (exact) mass is 335 g/mol. The topological polar surface area (TPSA) is 46.6 Å². The summed E-state index contributed by atoms with van der Waals surface area (Å²) in [5.74, 6) is -0.275. The summed E-state index contributed by atoms with van der Waals surface area (Å²) in [7, 11) is 0. The summed E-state index contributed by atoms with van der Waals surface area (Å²) >= 11 is 0. The number of carbonyl (C=O) groups excluding carboxylic acids is 2. The number of likely N-dealkylation sites (tertiary alicyclic amines) is 1. The lowest BCUT2D eigenvalue weighted by molar-refractivity contribution is -0.0442. The molecule has 1 atom stereocenters. The van der Waals surface area contributed by atoms with Gasteiger partial charge in [-0.3, -0.25) is 4.79 Å². The first kappa shape index (κ1) is 15.9. The molecule has 0 radical (unpaired) electrons. The van der Waals surface area contributed by atoms with Gasteiger partial charge in [0.15, 0.2) is 5.60 Å². The quantitative estimate of drug-likeness (QED) is 0.748. The maximum Gasteiger partial charge on any atom is 0.339 e. The van der Waals surface area contributed by atoms with Crippen LogP contribution in [0.4, 0.5) is 0 Å². The molecular formula is C21H21NO3. The molecule has 25 heavy (non-hydrogen) atoms. The van der Waals surface area contributed by atoms with Gasteiger partial charge in [-0.1, -0.05) is 35.4 Å². The molecule has 1 unspecified atom stereocenters. The molecule has 4 heteroatoms. The molecule has 2 aliphatic rings. The Kier molecular flexibility index (Phi) is 3.64. The molecule has 128 valence electrons. The standard InChI is InChI=1S/C21H21NO3/c1-14-10-15(2)12-16(11-14)19(23)22-9-5-8-21(13-22)18-7-4-3-6-17(18)20(24)25-21/h3-4,6-7,10-12H,5,8-9,13H2,1-2H3. The van der Waals surface area contributed by atoms with Crippen LogP contribution in [0.25, 0.3) is 0 Å². The van der Waals surface area contributed by atoms with Crippen molar-refractivity contribution in [2.45, 2.75) is 32.3 Å². The Hall–Kier alpha value is -2.62. The number of carbonyl (C=O) groups is 2. The molecule has 4 nitrogen and oxygen atoms in total. The third-order valence-electron chi connectivity index (χ3n) is 5.14. The number of rotatable bonds is 1. The van der Waals surface area contributed by atoms with Crippen molar-refractivity contribution in [3.05, 3.63) is 70.3 Å². The number of hydrogen-bond acceptors (Lipinski definition) is 3. The second-order valence-electron chi connectivity index (χ2n) is 7.14. The van der Waals surface area contributed by atoms with Gasteiger partial charge in [0.1, 0.15) is 0 Å². The highest BCUT2D eigenvalue weighted by Gasteiger charge is 2.48. The lowest BCUT2D eigenvalue weighted by Gasteiger charge is -2.39. The Bertz CT molecular complexity index is 853. The summed E-state index contributed by atoms with van der Waals surface area (Å²) in [5, 5.41) is 0. The Morgan fingerprint density at radius 2 is 1.84 bits per heavy atom. The number of esters is 1. The van der Waals surface area contributed by atoms with Crippen LogP contribution in [0.5, 0.6) is 0 Å². The molecule has 2 aromatic rings. The minimum absolute atomic E-state index is 0.00584. The van der Waals surface area contributed by atoms with Crippen LogP contribution in [-0.4, -0.2) is 29.9 Å². The highest BCUT2D eigenvalue weighted by Crippen LogP contribution is 2.43. The number of ether oxygens (including phenoxy) is 1. The summed E-state index contributed by atoms with van der Waals surface area (Å²) in [6.07, 6.45) is 1.57. The van der Waals surface area contributed by atoms with Crippen molar-refractivity contribution in [2.24, 2.45) is 0 Å². The van der Waals surface area contributed by atoms with Crippen LogP contribution in [0.2, 0.25) is 0 Å². The number of benzene rings is 2. The summed E-state index contributed by atoms with van der Waals surface area (Å²) in [4.78, 5) is 27.1. The molecule has 0 N–H and O–H groups in total. The first-order valence-corrected chi connectivity index (χ1v) is 8.69. The zero-order valence-corrected chi connectivity index (χ0v) is 14.5. The van der Waals surface area contributed by atoms with E-state index in [1.54, 1.807) is 6.07 Å². The highest BCUT2D eigenvalue weighted by atomic mass is 16.6. The van der Waals surface area contributed by atoms with Crippen LogP contribution in [0.1, 0.15) is 50.2 Å². The highest BCUT2D eigenvalue weighted by molar-refractivity contribution is 5.96. The normalized spacial score (nSPS) is 22.0. The SMILES string of the molecule is Cc1cc(C)cc(C(=O)N2CCCC3(C2)OC(=O)c2ccccc23)c1. The summed E-state index contributed by atoms with van der Waals surface area (Å²) < 4.78 is 5.79. The van der Waals surface area contributed by atoms with Crippen LogP contribution in [0.15, 0.2) is 42.5 Å². The van der Waals surface area contributed by atoms with E-state index < -0.39 is 5.60 Å². The molecule has 1 spiro atoms. The van der Waals surface area contributed by atoms with E-state index in [1.807, 2.05) is 49.1 Å². The smallest absolute Gasteiger partial charge is 0.339 e. The van der Waals surface area contributed by atoms with Gasteiger partial charge >= 0.3 is 5.97 Å². The average molecular weight is 335 g/mol. The van der Waals surface area contributed by atoms with E-state index in [0.717, 1.165) is 29.5 Å². The Balaban J connectivity index is 1.66. The molecule has 0 aliphatic carbocycles. The predicted molar refractivity (Wildman–Crippen MR) is 94.6 cm³/mol. The molecule has 2 aliphatic heterocycles. The van der Waals surface area contributed by atoms with E-state index in [4.69, 9.17) is 4.74 Å². The van der Waals surface area contributed by atoms with Gasteiger partial charge in [0.05, 0.1) is 12.1 Å². The Morgan fingerprint density at radius 3 is 2.60 bits per heavy atom. The van der Waals surface area contributed by atoms with Crippen LogP contribution in [-0.2, 0) is 10.3 Å². The van der Waals surface area contributed by atoms with Gasteiger partial charge in [0, 0.05) is 17.7 Å². The molecule has 1 amide bonds. The molecule has 0 aromatic heterocycles. The predicted octanol–water partition coefficient (Wildman–Crippen LogP) is 3.61. The number of nitrogens with zero attached hydrogens (tertiary/aromatic N) is 1. The van der Waals surface area contributed by atoms with Gasteiger partial charge < -0.3 is 9.64 Å².